The fourth-order valence-electron chi connectivity index (χ4n) is 1.35. The average Bonchev–Trinajstić information content (AvgIpc) is 2.47. The van der Waals surface area contributed by atoms with Gasteiger partial charge in [0.05, 0.1) is 5.69 Å². The van der Waals surface area contributed by atoms with E-state index in [-0.39, 0.29) is 0 Å². The van der Waals surface area contributed by atoms with E-state index in [0.717, 1.165) is 18.0 Å². The highest BCUT2D eigenvalue weighted by molar-refractivity contribution is 7.98. The van der Waals surface area contributed by atoms with E-state index >= 15 is 0 Å². The first-order valence-electron chi connectivity index (χ1n) is 3.73. The van der Waals surface area contributed by atoms with Crippen molar-refractivity contribution >= 4 is 17.6 Å². The maximum absolute atomic E-state index is 4.17. The molecule has 0 amide bonds. The highest BCUT2D eigenvalue weighted by Crippen LogP contribution is 2.27. The number of nitrogens with one attached hydrogen (secondary N) is 2. The van der Waals surface area contributed by atoms with Crippen molar-refractivity contribution in [2.45, 2.75) is 12.2 Å². The molecule has 0 radical (unpaired) electrons. The van der Waals surface area contributed by atoms with E-state index in [4.69, 9.17) is 0 Å². The van der Waals surface area contributed by atoms with Crippen LogP contribution < -0.4 is 5.32 Å². The molecule has 0 bridgehead atoms. The van der Waals surface area contributed by atoms with Crippen LogP contribution in [0.5, 0.6) is 0 Å². The Hall–Kier alpha value is -0.640. The molecule has 60 valence electrons. The van der Waals surface area contributed by atoms with Crippen LogP contribution in [0.1, 0.15) is 11.3 Å². The summed E-state index contributed by atoms with van der Waals surface area (Å²) in [6.07, 6.45) is 1.15. The molecule has 0 fully saturated rings. The van der Waals surface area contributed by atoms with E-state index in [1.807, 2.05) is 18.8 Å². The minimum atomic E-state index is 1.03. The van der Waals surface area contributed by atoms with Gasteiger partial charge in [0.1, 0.15) is 0 Å². The van der Waals surface area contributed by atoms with Gasteiger partial charge in [-0.3, -0.25) is 5.10 Å². The van der Waals surface area contributed by atoms with E-state index < -0.39 is 0 Å². The second kappa shape index (κ2) is 2.77. The van der Waals surface area contributed by atoms with Crippen molar-refractivity contribution in [3.05, 3.63) is 11.3 Å². The lowest BCUT2D eigenvalue weighted by Gasteiger charge is -2.10. The number of thioether (sulfide) groups is 1. The molecule has 1 aliphatic rings. The van der Waals surface area contributed by atoms with Gasteiger partial charge >= 0.3 is 0 Å². The monoisotopic (exact) mass is 169 g/mol. The predicted molar refractivity (Wildman–Crippen MR) is 48.0 cm³/mol. The fourth-order valence-corrected chi connectivity index (χ4v) is 2.28. The van der Waals surface area contributed by atoms with Crippen LogP contribution in [-0.4, -0.2) is 23.0 Å². The molecule has 0 aliphatic carbocycles. The van der Waals surface area contributed by atoms with Gasteiger partial charge in [-0.1, -0.05) is 0 Å². The van der Waals surface area contributed by atoms with Crippen LogP contribution in [-0.2, 0) is 12.2 Å². The van der Waals surface area contributed by atoms with Gasteiger partial charge in [-0.05, 0) is 12.2 Å². The van der Waals surface area contributed by atoms with Crippen molar-refractivity contribution in [3.8, 4) is 0 Å². The van der Waals surface area contributed by atoms with Gasteiger partial charge in [-0.15, -0.1) is 0 Å². The minimum absolute atomic E-state index is 1.03. The second-order valence-corrected chi connectivity index (χ2v) is 3.69. The number of hydrogen-bond donors (Lipinski definition) is 2. The molecule has 3 nitrogen and oxygen atoms in total. The normalized spacial score (nSPS) is 16.1. The minimum Gasteiger partial charge on any atom is -0.371 e. The molecule has 0 spiro atoms. The van der Waals surface area contributed by atoms with Crippen LogP contribution in [0.25, 0.3) is 0 Å². The van der Waals surface area contributed by atoms with Crippen molar-refractivity contribution in [2.24, 2.45) is 0 Å². The molecule has 1 aliphatic heterocycles. The van der Waals surface area contributed by atoms with E-state index in [1.54, 1.807) is 0 Å². The van der Waals surface area contributed by atoms with Crippen molar-refractivity contribution in [2.75, 3.05) is 18.1 Å². The number of nitrogens with zero attached hydrogens (tertiary/aromatic N) is 1. The predicted octanol–water partition coefficient (Wildman–Crippen LogP) is 1.24. The van der Waals surface area contributed by atoms with Crippen LogP contribution in [0.3, 0.4) is 0 Å². The summed E-state index contributed by atoms with van der Waals surface area (Å²) in [7, 11) is 1.91. The van der Waals surface area contributed by atoms with Crippen molar-refractivity contribution in [3.63, 3.8) is 0 Å². The molecule has 2 heterocycles. The SMILES string of the molecule is CNc1n[nH]c2c1CCSC2. The van der Waals surface area contributed by atoms with E-state index in [0.29, 0.717) is 0 Å². The zero-order chi connectivity index (χ0) is 7.68. The van der Waals surface area contributed by atoms with Crippen molar-refractivity contribution in [1.82, 2.24) is 10.2 Å². The first-order chi connectivity index (χ1) is 5.42. The third kappa shape index (κ3) is 1.11. The summed E-state index contributed by atoms with van der Waals surface area (Å²) in [5.74, 6) is 3.34. The Morgan fingerprint density at radius 1 is 1.64 bits per heavy atom. The van der Waals surface area contributed by atoms with Gasteiger partial charge in [0.25, 0.3) is 0 Å². The maximum atomic E-state index is 4.17. The topological polar surface area (TPSA) is 40.7 Å². The molecule has 1 aromatic rings. The fraction of sp³-hybridized carbons (Fsp3) is 0.571. The number of rotatable bonds is 1. The number of hydrogen-bond acceptors (Lipinski definition) is 3. The molecule has 11 heavy (non-hydrogen) atoms. The largest absolute Gasteiger partial charge is 0.371 e. The quantitative estimate of drug-likeness (QED) is 0.664. The third-order valence-electron chi connectivity index (χ3n) is 1.93. The Morgan fingerprint density at radius 3 is 3.36 bits per heavy atom. The lowest BCUT2D eigenvalue weighted by atomic mass is 10.2. The summed E-state index contributed by atoms with van der Waals surface area (Å²) in [5, 5.41) is 10.3. The lowest BCUT2D eigenvalue weighted by Crippen LogP contribution is -2.02. The standard InChI is InChI=1S/C7H11N3S/c1-8-7-5-2-3-11-4-6(5)9-10-7/h2-4H2,1H3,(H2,8,9,10). The molecule has 0 saturated heterocycles. The summed E-state index contributed by atoms with van der Waals surface area (Å²) in [6.45, 7) is 0. The van der Waals surface area contributed by atoms with Crippen LogP contribution in [0, 0.1) is 0 Å². The molecule has 0 unspecified atom stereocenters. The zero-order valence-electron chi connectivity index (χ0n) is 6.48. The van der Waals surface area contributed by atoms with Gasteiger partial charge in [0, 0.05) is 18.4 Å². The van der Waals surface area contributed by atoms with E-state index in [9.17, 15) is 0 Å². The Kier molecular flexibility index (Phi) is 1.77. The van der Waals surface area contributed by atoms with Gasteiger partial charge in [0.15, 0.2) is 5.82 Å². The van der Waals surface area contributed by atoms with E-state index in [1.165, 1.54) is 17.0 Å². The molecular weight excluding hydrogens is 158 g/mol. The number of aromatic nitrogens is 2. The van der Waals surface area contributed by atoms with Crippen LogP contribution in [0.15, 0.2) is 0 Å². The van der Waals surface area contributed by atoms with Crippen molar-refractivity contribution < 1.29 is 0 Å². The highest BCUT2D eigenvalue weighted by Gasteiger charge is 2.15. The molecule has 2 N–H and O–H groups in total. The summed E-state index contributed by atoms with van der Waals surface area (Å²) in [6, 6.07) is 0. The Morgan fingerprint density at radius 2 is 2.55 bits per heavy atom. The summed E-state index contributed by atoms with van der Waals surface area (Å²) in [5.41, 5.74) is 2.68. The maximum Gasteiger partial charge on any atom is 0.151 e. The van der Waals surface area contributed by atoms with Crippen LogP contribution in [0.4, 0.5) is 5.82 Å². The molecule has 0 saturated carbocycles. The summed E-state index contributed by atoms with van der Waals surface area (Å²) >= 11 is 1.96. The number of aromatic amines is 1. The van der Waals surface area contributed by atoms with Crippen molar-refractivity contribution in [1.29, 1.82) is 0 Å². The van der Waals surface area contributed by atoms with Gasteiger partial charge < -0.3 is 5.32 Å². The van der Waals surface area contributed by atoms with Gasteiger partial charge in [0.2, 0.25) is 0 Å². The highest BCUT2D eigenvalue weighted by atomic mass is 32.2. The molecule has 2 rings (SSSR count). The zero-order valence-corrected chi connectivity index (χ0v) is 7.29. The Labute approximate surface area is 70.0 Å². The molecule has 4 heteroatoms. The molecule has 0 aromatic carbocycles. The first-order valence-corrected chi connectivity index (χ1v) is 4.89. The lowest BCUT2D eigenvalue weighted by molar-refractivity contribution is 1.01. The molecule has 0 atom stereocenters. The summed E-state index contributed by atoms with van der Waals surface area (Å²) < 4.78 is 0. The second-order valence-electron chi connectivity index (χ2n) is 2.58. The van der Waals surface area contributed by atoms with Gasteiger partial charge in [-0.25, -0.2) is 0 Å². The average molecular weight is 169 g/mol. The number of fused-ring (bicyclic) bond motifs is 1. The third-order valence-corrected chi connectivity index (χ3v) is 2.92. The van der Waals surface area contributed by atoms with E-state index in [2.05, 4.69) is 15.5 Å². The van der Waals surface area contributed by atoms with Gasteiger partial charge in [-0.2, -0.15) is 16.9 Å². The summed E-state index contributed by atoms with van der Waals surface area (Å²) in [4.78, 5) is 0. The van der Waals surface area contributed by atoms with Crippen LogP contribution >= 0.6 is 11.8 Å². The first kappa shape index (κ1) is 7.03. The molecular formula is C7H11N3S. The number of anilines is 1. The number of H-pyrrole nitrogens is 1. The Balaban J connectivity index is 2.38. The smallest absolute Gasteiger partial charge is 0.151 e. The van der Waals surface area contributed by atoms with Crippen LogP contribution in [0.2, 0.25) is 0 Å². The Bertz CT molecular complexity index is 243. The molecule has 1 aromatic heterocycles.